The monoisotopic (exact) mass is 375 g/mol. The maximum atomic E-state index is 12.4. The summed E-state index contributed by atoms with van der Waals surface area (Å²) < 4.78 is 5.35. The number of cyclic esters (lactones) is 1. The van der Waals surface area contributed by atoms with Crippen LogP contribution in [-0.4, -0.2) is 18.5 Å². The summed E-state index contributed by atoms with van der Waals surface area (Å²) in [4.78, 5) is 24.7. The summed E-state index contributed by atoms with van der Waals surface area (Å²) in [6.07, 6.45) is 2.60. The number of esters is 1. The van der Waals surface area contributed by atoms with Crippen LogP contribution in [0.25, 0.3) is 0 Å². The zero-order valence-corrected chi connectivity index (χ0v) is 16.2. The second-order valence-electron chi connectivity index (χ2n) is 8.17. The van der Waals surface area contributed by atoms with Gasteiger partial charge in [0.2, 0.25) is 5.91 Å². The highest BCUT2D eigenvalue weighted by atomic mass is 16.5. The van der Waals surface area contributed by atoms with Crippen molar-refractivity contribution in [2.75, 3.05) is 11.9 Å². The molecule has 1 amide bonds. The smallest absolute Gasteiger partial charge is 0.313 e. The van der Waals surface area contributed by atoms with Crippen LogP contribution in [0.1, 0.15) is 29.5 Å². The lowest BCUT2D eigenvalue weighted by molar-refractivity contribution is -0.146. The molecule has 2 aromatic rings. The van der Waals surface area contributed by atoms with E-state index in [-0.39, 0.29) is 17.8 Å². The standard InChI is InChI=1S/C24H25NO3/c1-16-4-3-5-19(10-16)12-22(26)25-21-8-6-18(7-9-21)14-24-13-17(2)11-20(24)15-28-23(24)27/h3-10,20H,2,11-15H2,1H3,(H,25,26)/t20-,24+/m1/s1. The number of carbonyl (C=O) groups excluding carboxylic acids is 2. The first-order valence-corrected chi connectivity index (χ1v) is 9.73. The first-order valence-electron chi connectivity index (χ1n) is 9.73. The zero-order valence-electron chi connectivity index (χ0n) is 16.2. The van der Waals surface area contributed by atoms with E-state index in [1.54, 1.807) is 0 Å². The number of ether oxygens (including phenoxy) is 1. The van der Waals surface area contributed by atoms with Crippen LogP contribution < -0.4 is 5.32 Å². The highest BCUT2D eigenvalue weighted by Gasteiger charge is 2.55. The molecule has 0 bridgehead atoms. The molecule has 1 aliphatic heterocycles. The van der Waals surface area contributed by atoms with Crippen molar-refractivity contribution in [3.8, 4) is 0 Å². The van der Waals surface area contributed by atoms with Gasteiger partial charge in [-0.2, -0.15) is 0 Å². The number of anilines is 1. The first kappa shape index (κ1) is 18.5. The Hall–Kier alpha value is -2.88. The average Bonchev–Trinajstić information content (AvgIpc) is 3.11. The Balaban J connectivity index is 1.41. The summed E-state index contributed by atoms with van der Waals surface area (Å²) in [5.74, 6) is 0.108. The predicted octanol–water partition coefficient (Wildman–Crippen LogP) is 4.23. The normalized spacial score (nSPS) is 23.4. The van der Waals surface area contributed by atoms with Crippen molar-refractivity contribution < 1.29 is 14.3 Å². The van der Waals surface area contributed by atoms with Crippen LogP contribution in [0.5, 0.6) is 0 Å². The second-order valence-corrected chi connectivity index (χ2v) is 8.17. The largest absolute Gasteiger partial charge is 0.465 e. The first-order chi connectivity index (χ1) is 13.4. The summed E-state index contributed by atoms with van der Waals surface area (Å²) in [5, 5.41) is 2.95. The van der Waals surface area contributed by atoms with Gasteiger partial charge in [0.1, 0.15) is 0 Å². The van der Waals surface area contributed by atoms with Crippen LogP contribution in [0.4, 0.5) is 5.69 Å². The molecular weight excluding hydrogens is 350 g/mol. The maximum absolute atomic E-state index is 12.4. The van der Waals surface area contributed by atoms with E-state index >= 15 is 0 Å². The van der Waals surface area contributed by atoms with Crippen LogP contribution in [0, 0.1) is 18.3 Å². The van der Waals surface area contributed by atoms with E-state index in [1.807, 2.05) is 55.5 Å². The van der Waals surface area contributed by atoms with Crippen LogP contribution >= 0.6 is 0 Å². The van der Waals surface area contributed by atoms with Gasteiger partial charge in [0.25, 0.3) is 0 Å². The molecule has 0 aromatic heterocycles. The van der Waals surface area contributed by atoms with Crippen molar-refractivity contribution >= 4 is 17.6 Å². The van der Waals surface area contributed by atoms with E-state index in [0.717, 1.165) is 34.4 Å². The van der Waals surface area contributed by atoms with Crippen molar-refractivity contribution in [2.45, 2.75) is 32.6 Å². The molecule has 1 heterocycles. The van der Waals surface area contributed by atoms with Gasteiger partial charge in [0, 0.05) is 11.6 Å². The molecule has 2 aliphatic rings. The number of benzene rings is 2. The fraction of sp³-hybridized carbons (Fsp3) is 0.333. The fourth-order valence-corrected chi connectivity index (χ4v) is 4.55. The minimum absolute atomic E-state index is 0.0385. The lowest BCUT2D eigenvalue weighted by Crippen LogP contribution is -2.31. The molecule has 2 fully saturated rings. The van der Waals surface area contributed by atoms with Crippen LogP contribution in [0.15, 0.2) is 60.7 Å². The fourth-order valence-electron chi connectivity index (χ4n) is 4.55. The lowest BCUT2D eigenvalue weighted by Gasteiger charge is -2.24. The number of allylic oxidation sites excluding steroid dienone is 1. The second kappa shape index (κ2) is 7.27. The molecular formula is C24H25NO3. The molecule has 1 aliphatic carbocycles. The van der Waals surface area contributed by atoms with Crippen molar-refractivity contribution in [3.05, 3.63) is 77.4 Å². The lowest BCUT2D eigenvalue weighted by atomic mass is 9.75. The van der Waals surface area contributed by atoms with Gasteiger partial charge in [-0.3, -0.25) is 9.59 Å². The minimum Gasteiger partial charge on any atom is -0.465 e. The predicted molar refractivity (Wildman–Crippen MR) is 109 cm³/mol. The molecule has 2 aromatic carbocycles. The van der Waals surface area contributed by atoms with Gasteiger partial charge in [0.15, 0.2) is 0 Å². The molecule has 0 unspecified atom stereocenters. The molecule has 4 rings (SSSR count). The molecule has 0 spiro atoms. The Morgan fingerprint density at radius 3 is 2.75 bits per heavy atom. The molecule has 4 nitrogen and oxygen atoms in total. The van der Waals surface area contributed by atoms with E-state index in [2.05, 4.69) is 11.9 Å². The topological polar surface area (TPSA) is 55.4 Å². The molecule has 1 N–H and O–H groups in total. The Morgan fingerprint density at radius 2 is 2.00 bits per heavy atom. The summed E-state index contributed by atoms with van der Waals surface area (Å²) in [6.45, 7) is 6.61. The van der Waals surface area contributed by atoms with E-state index in [0.29, 0.717) is 25.9 Å². The highest BCUT2D eigenvalue weighted by Crippen LogP contribution is 2.52. The molecule has 28 heavy (non-hydrogen) atoms. The third-order valence-electron chi connectivity index (χ3n) is 5.91. The van der Waals surface area contributed by atoms with E-state index in [9.17, 15) is 9.59 Å². The van der Waals surface area contributed by atoms with E-state index in [4.69, 9.17) is 4.74 Å². The molecule has 1 saturated heterocycles. The number of carbonyl (C=O) groups is 2. The van der Waals surface area contributed by atoms with Gasteiger partial charge in [-0.1, -0.05) is 54.1 Å². The van der Waals surface area contributed by atoms with Gasteiger partial charge < -0.3 is 10.1 Å². The zero-order chi connectivity index (χ0) is 19.7. The molecule has 4 heteroatoms. The Morgan fingerprint density at radius 1 is 1.21 bits per heavy atom. The number of hydrogen-bond donors (Lipinski definition) is 1. The number of fused-ring (bicyclic) bond motifs is 1. The maximum Gasteiger partial charge on any atom is 0.313 e. The number of amides is 1. The Kier molecular flexibility index (Phi) is 4.80. The van der Waals surface area contributed by atoms with Crippen molar-refractivity contribution in [2.24, 2.45) is 11.3 Å². The number of aryl methyl sites for hydroxylation is 1. The number of rotatable bonds is 5. The Labute approximate surface area is 165 Å². The Bertz CT molecular complexity index is 931. The quantitative estimate of drug-likeness (QED) is 0.629. The summed E-state index contributed by atoms with van der Waals surface area (Å²) in [5.41, 5.74) is 4.68. The van der Waals surface area contributed by atoms with Crippen LogP contribution in [0.3, 0.4) is 0 Å². The van der Waals surface area contributed by atoms with Crippen molar-refractivity contribution in [1.82, 2.24) is 0 Å². The molecule has 144 valence electrons. The van der Waals surface area contributed by atoms with Gasteiger partial charge in [-0.05, 0) is 49.4 Å². The minimum atomic E-state index is -0.451. The van der Waals surface area contributed by atoms with E-state index < -0.39 is 5.41 Å². The third-order valence-corrected chi connectivity index (χ3v) is 5.91. The summed E-state index contributed by atoms with van der Waals surface area (Å²) >= 11 is 0. The van der Waals surface area contributed by atoms with E-state index in [1.165, 1.54) is 0 Å². The number of nitrogens with one attached hydrogen (secondary N) is 1. The summed E-state index contributed by atoms with van der Waals surface area (Å²) in [7, 11) is 0. The van der Waals surface area contributed by atoms with Gasteiger partial charge >= 0.3 is 5.97 Å². The summed E-state index contributed by atoms with van der Waals surface area (Å²) in [6, 6.07) is 15.7. The average molecular weight is 375 g/mol. The number of hydrogen-bond acceptors (Lipinski definition) is 3. The van der Waals surface area contributed by atoms with Gasteiger partial charge in [-0.15, -0.1) is 0 Å². The van der Waals surface area contributed by atoms with Crippen LogP contribution in [0.2, 0.25) is 0 Å². The molecule has 0 radical (unpaired) electrons. The van der Waals surface area contributed by atoms with Gasteiger partial charge in [-0.25, -0.2) is 0 Å². The third kappa shape index (κ3) is 3.59. The molecule has 1 saturated carbocycles. The van der Waals surface area contributed by atoms with Crippen molar-refractivity contribution in [1.29, 1.82) is 0 Å². The van der Waals surface area contributed by atoms with Gasteiger partial charge in [0.05, 0.1) is 18.4 Å². The SMILES string of the molecule is C=C1C[C@@H]2COC(=O)[C@]2(Cc2ccc(NC(=O)Cc3cccc(C)c3)cc2)C1. The molecule has 2 atom stereocenters. The van der Waals surface area contributed by atoms with Crippen molar-refractivity contribution in [3.63, 3.8) is 0 Å². The highest BCUT2D eigenvalue weighted by molar-refractivity contribution is 5.92. The van der Waals surface area contributed by atoms with Crippen LogP contribution in [-0.2, 0) is 27.2 Å².